The van der Waals surface area contributed by atoms with Gasteiger partial charge in [0.2, 0.25) is 5.91 Å². The Morgan fingerprint density at radius 2 is 1.93 bits per heavy atom. The van der Waals surface area contributed by atoms with Crippen molar-refractivity contribution in [3.05, 3.63) is 89.2 Å². The lowest BCUT2D eigenvalue weighted by molar-refractivity contribution is -0.116. The number of rotatable bonds is 7. The van der Waals surface area contributed by atoms with Crippen LogP contribution in [0.2, 0.25) is 0 Å². The van der Waals surface area contributed by atoms with Crippen LogP contribution in [0.4, 0.5) is 0 Å². The van der Waals surface area contributed by atoms with E-state index in [-0.39, 0.29) is 11.6 Å². The van der Waals surface area contributed by atoms with E-state index < -0.39 is 0 Å². The largest absolute Gasteiger partial charge is 0.352 e. The Hall–Kier alpha value is -3.94. The average Bonchev–Trinajstić information content (AvgIpc) is 3.36. The van der Waals surface area contributed by atoms with Gasteiger partial charge in [-0.2, -0.15) is 5.10 Å². The lowest BCUT2D eigenvalue weighted by atomic mass is 10.3. The molecule has 4 aromatic rings. The third kappa shape index (κ3) is 4.32. The average molecular weight is 388 g/mol. The van der Waals surface area contributed by atoms with Gasteiger partial charge in [-0.15, -0.1) is 5.10 Å². The van der Waals surface area contributed by atoms with Gasteiger partial charge in [-0.25, -0.2) is 14.2 Å². The van der Waals surface area contributed by atoms with Crippen LogP contribution in [0.3, 0.4) is 0 Å². The highest BCUT2D eigenvalue weighted by Gasteiger charge is 2.05. The summed E-state index contributed by atoms with van der Waals surface area (Å²) in [5.41, 5.74) is 2.22. The van der Waals surface area contributed by atoms with Gasteiger partial charge in [0.05, 0.1) is 11.9 Å². The first-order chi connectivity index (χ1) is 14.2. The summed E-state index contributed by atoms with van der Waals surface area (Å²) in [6.07, 6.45) is 9.04. The number of amides is 1. The zero-order chi connectivity index (χ0) is 20.1. The van der Waals surface area contributed by atoms with Crippen LogP contribution in [0.15, 0.2) is 78.0 Å². The minimum absolute atomic E-state index is 0.178. The molecule has 8 nitrogen and oxygen atoms in total. The maximum absolute atomic E-state index is 12.2. The standard InChI is InChI=1S/C21H20N6O2/c28-20(11-10-17-15-23-27(16-17)18-7-2-1-3-8-18)22-12-6-14-26-21(29)25-13-5-4-9-19(25)24-26/h1-5,7-11,13,15-16H,6,12,14H2,(H,22,28)/b11-10+. The molecule has 0 aliphatic carbocycles. The first-order valence-electron chi connectivity index (χ1n) is 9.31. The predicted molar refractivity (Wildman–Crippen MR) is 110 cm³/mol. The number of aryl methyl sites for hydroxylation is 1. The summed E-state index contributed by atoms with van der Waals surface area (Å²) in [5, 5.41) is 11.4. The Balaban J connectivity index is 1.26. The molecular formula is C21H20N6O2. The van der Waals surface area contributed by atoms with E-state index in [9.17, 15) is 9.59 Å². The Bertz CT molecular complexity index is 1200. The number of pyridine rings is 1. The summed E-state index contributed by atoms with van der Waals surface area (Å²) < 4.78 is 4.66. The molecule has 4 rings (SSSR count). The molecule has 0 spiro atoms. The van der Waals surface area contributed by atoms with Crippen molar-refractivity contribution in [2.75, 3.05) is 6.54 Å². The SMILES string of the molecule is O=C(/C=C/c1cnn(-c2ccccc2)c1)NCCCn1nc2ccccn2c1=O. The van der Waals surface area contributed by atoms with Crippen molar-refractivity contribution in [2.45, 2.75) is 13.0 Å². The van der Waals surface area contributed by atoms with E-state index in [1.807, 2.05) is 42.6 Å². The zero-order valence-corrected chi connectivity index (χ0v) is 15.7. The summed E-state index contributed by atoms with van der Waals surface area (Å²) in [6, 6.07) is 15.2. The zero-order valence-electron chi connectivity index (χ0n) is 15.7. The smallest absolute Gasteiger partial charge is 0.350 e. The van der Waals surface area contributed by atoms with E-state index in [2.05, 4.69) is 15.5 Å². The molecule has 0 aliphatic rings. The van der Waals surface area contributed by atoms with Gasteiger partial charge in [-0.3, -0.25) is 9.20 Å². The van der Waals surface area contributed by atoms with Crippen LogP contribution in [-0.2, 0) is 11.3 Å². The van der Waals surface area contributed by atoms with Crippen molar-refractivity contribution in [2.24, 2.45) is 0 Å². The number of hydrogen-bond acceptors (Lipinski definition) is 4. The first kappa shape index (κ1) is 18.4. The minimum Gasteiger partial charge on any atom is -0.352 e. The lowest BCUT2D eigenvalue weighted by Crippen LogP contribution is -2.26. The van der Waals surface area contributed by atoms with E-state index in [0.717, 1.165) is 11.3 Å². The van der Waals surface area contributed by atoms with Gasteiger partial charge in [0.15, 0.2) is 5.65 Å². The second-order valence-electron chi connectivity index (χ2n) is 6.47. The number of para-hydroxylation sites is 1. The van der Waals surface area contributed by atoms with Gasteiger partial charge in [0.25, 0.3) is 0 Å². The predicted octanol–water partition coefficient (Wildman–Crippen LogP) is 1.90. The molecule has 1 amide bonds. The topological polar surface area (TPSA) is 86.2 Å². The summed E-state index contributed by atoms with van der Waals surface area (Å²) >= 11 is 0. The number of hydrogen-bond donors (Lipinski definition) is 1. The highest BCUT2D eigenvalue weighted by atomic mass is 16.2. The lowest BCUT2D eigenvalue weighted by Gasteiger charge is -2.01. The summed E-state index contributed by atoms with van der Waals surface area (Å²) in [6.45, 7) is 0.890. The molecule has 0 atom stereocenters. The molecule has 1 aromatic carbocycles. The van der Waals surface area contributed by atoms with Gasteiger partial charge in [0.1, 0.15) is 0 Å². The number of carbonyl (C=O) groups is 1. The second-order valence-corrected chi connectivity index (χ2v) is 6.47. The Labute approximate surface area is 166 Å². The van der Waals surface area contributed by atoms with Crippen molar-refractivity contribution >= 4 is 17.6 Å². The third-order valence-electron chi connectivity index (χ3n) is 4.38. The Morgan fingerprint density at radius 3 is 2.76 bits per heavy atom. The first-order valence-corrected chi connectivity index (χ1v) is 9.31. The molecule has 3 heterocycles. The van der Waals surface area contributed by atoms with E-state index in [4.69, 9.17) is 0 Å². The number of carbonyl (C=O) groups excluding carboxylic acids is 1. The normalized spacial score (nSPS) is 11.3. The van der Waals surface area contributed by atoms with Crippen LogP contribution in [0.5, 0.6) is 0 Å². The van der Waals surface area contributed by atoms with E-state index in [1.165, 1.54) is 15.2 Å². The number of nitrogens with zero attached hydrogens (tertiary/aromatic N) is 5. The van der Waals surface area contributed by atoms with Crippen molar-refractivity contribution in [1.82, 2.24) is 29.3 Å². The molecule has 8 heteroatoms. The van der Waals surface area contributed by atoms with Crippen molar-refractivity contribution in [3.63, 3.8) is 0 Å². The molecule has 0 unspecified atom stereocenters. The molecule has 0 bridgehead atoms. The van der Waals surface area contributed by atoms with Crippen molar-refractivity contribution in [1.29, 1.82) is 0 Å². The van der Waals surface area contributed by atoms with Gasteiger partial charge >= 0.3 is 5.69 Å². The molecule has 0 radical (unpaired) electrons. The summed E-state index contributed by atoms with van der Waals surface area (Å²) in [7, 11) is 0. The summed E-state index contributed by atoms with van der Waals surface area (Å²) in [5.74, 6) is -0.195. The fourth-order valence-electron chi connectivity index (χ4n) is 2.93. The van der Waals surface area contributed by atoms with Crippen molar-refractivity contribution < 1.29 is 4.79 Å². The number of aromatic nitrogens is 5. The molecular weight excluding hydrogens is 368 g/mol. The molecule has 1 N–H and O–H groups in total. The van der Waals surface area contributed by atoms with E-state index >= 15 is 0 Å². The van der Waals surface area contributed by atoms with E-state index in [0.29, 0.717) is 25.2 Å². The van der Waals surface area contributed by atoms with Crippen LogP contribution in [-0.4, -0.2) is 36.4 Å². The van der Waals surface area contributed by atoms with Crippen LogP contribution < -0.4 is 11.0 Å². The number of fused-ring (bicyclic) bond motifs is 1. The Kier molecular flexibility index (Phi) is 5.33. The fraction of sp³-hybridized carbons (Fsp3) is 0.143. The highest BCUT2D eigenvalue weighted by molar-refractivity contribution is 5.91. The maximum Gasteiger partial charge on any atom is 0.350 e. The van der Waals surface area contributed by atoms with Crippen LogP contribution in [0.25, 0.3) is 17.4 Å². The van der Waals surface area contributed by atoms with Gasteiger partial charge in [-0.1, -0.05) is 24.3 Å². The number of nitrogens with one attached hydrogen (secondary N) is 1. The van der Waals surface area contributed by atoms with Crippen LogP contribution >= 0.6 is 0 Å². The molecule has 0 saturated heterocycles. The number of benzene rings is 1. The molecule has 0 fully saturated rings. The maximum atomic E-state index is 12.2. The van der Waals surface area contributed by atoms with Gasteiger partial charge in [0, 0.05) is 37.1 Å². The van der Waals surface area contributed by atoms with Gasteiger partial charge < -0.3 is 5.32 Å². The van der Waals surface area contributed by atoms with Crippen molar-refractivity contribution in [3.8, 4) is 5.69 Å². The van der Waals surface area contributed by atoms with Crippen LogP contribution in [0, 0.1) is 0 Å². The quantitative estimate of drug-likeness (QED) is 0.387. The molecule has 0 aliphatic heterocycles. The third-order valence-corrected chi connectivity index (χ3v) is 4.38. The van der Waals surface area contributed by atoms with Gasteiger partial charge in [-0.05, 0) is 36.8 Å². The fourth-order valence-corrected chi connectivity index (χ4v) is 2.93. The molecule has 29 heavy (non-hydrogen) atoms. The second kappa shape index (κ2) is 8.39. The monoisotopic (exact) mass is 388 g/mol. The highest BCUT2D eigenvalue weighted by Crippen LogP contribution is 2.08. The molecule has 3 aromatic heterocycles. The van der Waals surface area contributed by atoms with Crippen LogP contribution in [0.1, 0.15) is 12.0 Å². The minimum atomic E-state index is -0.195. The Morgan fingerprint density at radius 1 is 1.10 bits per heavy atom. The van der Waals surface area contributed by atoms with E-state index in [1.54, 1.807) is 35.3 Å². The molecule has 146 valence electrons. The molecule has 0 saturated carbocycles. The summed E-state index contributed by atoms with van der Waals surface area (Å²) in [4.78, 5) is 24.2.